The van der Waals surface area contributed by atoms with E-state index in [0.717, 1.165) is 21.7 Å². The summed E-state index contributed by atoms with van der Waals surface area (Å²) in [6.07, 6.45) is 0. The van der Waals surface area contributed by atoms with Gasteiger partial charge in [0.2, 0.25) is 0 Å². The van der Waals surface area contributed by atoms with Gasteiger partial charge < -0.3 is 9.73 Å². The molecule has 126 valence electrons. The molecule has 0 atom stereocenters. The zero-order valence-electron chi connectivity index (χ0n) is 13.8. The Labute approximate surface area is 148 Å². The molecular weight excluding hydrogens is 342 g/mol. The Hall–Kier alpha value is -1.86. The first-order valence-corrected chi connectivity index (χ1v) is 9.61. The molecule has 1 amide bonds. The van der Waals surface area contributed by atoms with Crippen molar-refractivity contribution in [2.45, 2.75) is 31.7 Å². The van der Waals surface area contributed by atoms with Gasteiger partial charge in [-0.1, -0.05) is 37.7 Å². The van der Waals surface area contributed by atoms with Crippen molar-refractivity contribution in [2.24, 2.45) is 5.92 Å². The van der Waals surface area contributed by atoms with E-state index in [9.17, 15) is 4.79 Å². The highest BCUT2D eigenvalue weighted by atomic mass is 32.2. The summed E-state index contributed by atoms with van der Waals surface area (Å²) in [5.41, 5.74) is 3.27. The Balaban J connectivity index is 1.62. The Morgan fingerprint density at radius 2 is 2.21 bits per heavy atom. The molecule has 2 aromatic heterocycles. The monoisotopic (exact) mass is 361 g/mol. The van der Waals surface area contributed by atoms with E-state index >= 15 is 0 Å². The second-order valence-corrected chi connectivity index (χ2v) is 7.79. The number of para-hydroxylation sites is 1. The molecule has 2 heterocycles. The molecule has 1 aromatic carbocycles. The number of fused-ring (bicyclic) bond motifs is 1. The molecule has 7 heteroatoms. The zero-order valence-corrected chi connectivity index (χ0v) is 15.5. The van der Waals surface area contributed by atoms with E-state index in [0.29, 0.717) is 29.1 Å². The lowest BCUT2D eigenvalue weighted by molar-refractivity contribution is 0.0944. The van der Waals surface area contributed by atoms with Gasteiger partial charge in [-0.3, -0.25) is 4.79 Å². The number of nitrogens with zero attached hydrogens (tertiary/aromatic N) is 2. The predicted molar refractivity (Wildman–Crippen MR) is 97.6 cm³/mol. The van der Waals surface area contributed by atoms with Crippen molar-refractivity contribution in [2.75, 3.05) is 6.54 Å². The number of hydrogen-bond donors (Lipinski definition) is 1. The number of benzene rings is 1. The second kappa shape index (κ2) is 7.36. The molecule has 0 aliphatic rings. The Morgan fingerprint density at radius 1 is 1.38 bits per heavy atom. The highest BCUT2D eigenvalue weighted by Gasteiger charge is 2.13. The average molecular weight is 361 g/mol. The van der Waals surface area contributed by atoms with Crippen LogP contribution < -0.4 is 5.32 Å². The normalized spacial score (nSPS) is 11.3. The number of thioether (sulfide) groups is 1. The van der Waals surface area contributed by atoms with Crippen LogP contribution in [0.1, 0.15) is 34.9 Å². The first-order chi connectivity index (χ1) is 11.5. The van der Waals surface area contributed by atoms with Crippen molar-refractivity contribution in [1.29, 1.82) is 0 Å². The third-order valence-corrected chi connectivity index (χ3v) is 5.25. The summed E-state index contributed by atoms with van der Waals surface area (Å²) in [7, 11) is 0. The fourth-order valence-electron chi connectivity index (χ4n) is 2.12. The molecule has 3 rings (SSSR count). The summed E-state index contributed by atoms with van der Waals surface area (Å²) in [5.74, 6) is 0.937. The van der Waals surface area contributed by atoms with Crippen LogP contribution in [0.5, 0.6) is 0 Å². The number of thiazole rings is 1. The summed E-state index contributed by atoms with van der Waals surface area (Å²) in [6.45, 7) is 6.79. The fraction of sp³-hybridized carbons (Fsp3) is 0.353. The first kappa shape index (κ1) is 17.0. The first-order valence-electron chi connectivity index (χ1n) is 7.74. The molecule has 0 aliphatic heterocycles. The number of aryl methyl sites for hydroxylation is 1. The van der Waals surface area contributed by atoms with Crippen molar-refractivity contribution >= 4 is 40.1 Å². The molecule has 24 heavy (non-hydrogen) atoms. The van der Waals surface area contributed by atoms with E-state index in [1.807, 2.05) is 25.1 Å². The van der Waals surface area contributed by atoms with Gasteiger partial charge in [-0.15, -0.1) is 11.3 Å². The summed E-state index contributed by atoms with van der Waals surface area (Å²) in [6, 6.07) is 5.89. The molecule has 0 fully saturated rings. The lowest BCUT2D eigenvalue weighted by atomic mass is 10.2. The topological polar surface area (TPSA) is 68.0 Å². The fourth-order valence-corrected chi connectivity index (χ4v) is 3.74. The number of nitrogens with one attached hydrogen (secondary N) is 1. The minimum absolute atomic E-state index is 0.117. The maximum Gasteiger partial charge on any atom is 0.270 e. The van der Waals surface area contributed by atoms with E-state index in [1.165, 1.54) is 23.1 Å². The molecule has 1 N–H and O–H groups in total. The summed E-state index contributed by atoms with van der Waals surface area (Å²) >= 11 is 2.97. The second-order valence-electron chi connectivity index (χ2n) is 5.92. The zero-order chi connectivity index (χ0) is 17.1. The van der Waals surface area contributed by atoms with Crippen LogP contribution in [-0.2, 0) is 5.75 Å². The van der Waals surface area contributed by atoms with Gasteiger partial charge in [0.25, 0.3) is 11.1 Å². The van der Waals surface area contributed by atoms with Crippen LogP contribution in [-0.4, -0.2) is 22.4 Å². The van der Waals surface area contributed by atoms with Crippen LogP contribution in [0.4, 0.5) is 0 Å². The van der Waals surface area contributed by atoms with Gasteiger partial charge in [0, 0.05) is 11.9 Å². The van der Waals surface area contributed by atoms with Gasteiger partial charge in [-0.2, -0.15) is 0 Å². The molecule has 0 aliphatic carbocycles. The number of hydrogen-bond acceptors (Lipinski definition) is 6. The molecule has 0 bridgehead atoms. The third-order valence-electron chi connectivity index (χ3n) is 3.38. The van der Waals surface area contributed by atoms with E-state index in [1.54, 1.807) is 5.38 Å². The molecular formula is C17H19N3O2S2. The highest BCUT2D eigenvalue weighted by molar-refractivity contribution is 7.98. The summed E-state index contributed by atoms with van der Waals surface area (Å²) in [4.78, 5) is 20.9. The van der Waals surface area contributed by atoms with Crippen molar-refractivity contribution in [3.05, 3.63) is 39.8 Å². The highest BCUT2D eigenvalue weighted by Crippen LogP contribution is 2.28. The molecule has 3 aromatic rings. The summed E-state index contributed by atoms with van der Waals surface area (Å²) in [5, 5.41) is 6.18. The maximum absolute atomic E-state index is 12.0. The van der Waals surface area contributed by atoms with E-state index in [-0.39, 0.29) is 5.91 Å². The van der Waals surface area contributed by atoms with Crippen molar-refractivity contribution in [1.82, 2.24) is 15.3 Å². The predicted octanol–water partition coefficient (Wildman–Crippen LogP) is 4.27. The Kier molecular flexibility index (Phi) is 5.20. The van der Waals surface area contributed by atoms with Crippen LogP contribution in [0.2, 0.25) is 0 Å². The van der Waals surface area contributed by atoms with Crippen LogP contribution in [0.25, 0.3) is 11.1 Å². The number of oxazole rings is 1. The average Bonchev–Trinajstić information content (AvgIpc) is 3.18. The van der Waals surface area contributed by atoms with E-state index in [4.69, 9.17) is 4.42 Å². The van der Waals surface area contributed by atoms with Gasteiger partial charge in [-0.25, -0.2) is 9.97 Å². The molecule has 5 nitrogen and oxygen atoms in total. The standard InChI is InChI=1S/C17H19N3O2S2/c1-10(2)7-18-16(21)12-8-23-14(19-12)9-24-17-20-15-11(3)5-4-6-13(15)22-17/h4-6,8,10H,7,9H2,1-3H3,(H,18,21). The number of amides is 1. The largest absolute Gasteiger partial charge is 0.431 e. The van der Waals surface area contributed by atoms with Crippen LogP contribution >= 0.6 is 23.1 Å². The van der Waals surface area contributed by atoms with E-state index in [2.05, 4.69) is 29.1 Å². The van der Waals surface area contributed by atoms with Crippen molar-refractivity contribution < 1.29 is 9.21 Å². The maximum atomic E-state index is 12.0. The molecule has 0 saturated heterocycles. The molecule has 0 saturated carbocycles. The van der Waals surface area contributed by atoms with Gasteiger partial charge >= 0.3 is 0 Å². The van der Waals surface area contributed by atoms with Gasteiger partial charge in [0.1, 0.15) is 16.2 Å². The number of aromatic nitrogens is 2. The summed E-state index contributed by atoms with van der Waals surface area (Å²) < 4.78 is 5.74. The minimum Gasteiger partial charge on any atom is -0.431 e. The van der Waals surface area contributed by atoms with Gasteiger partial charge in [0.15, 0.2) is 5.58 Å². The smallest absolute Gasteiger partial charge is 0.270 e. The third kappa shape index (κ3) is 3.96. The quantitative estimate of drug-likeness (QED) is 0.664. The molecule has 0 radical (unpaired) electrons. The minimum atomic E-state index is -0.117. The van der Waals surface area contributed by atoms with Gasteiger partial charge in [0.05, 0.1) is 5.75 Å². The van der Waals surface area contributed by atoms with Crippen LogP contribution in [0.15, 0.2) is 33.2 Å². The van der Waals surface area contributed by atoms with E-state index < -0.39 is 0 Å². The van der Waals surface area contributed by atoms with Crippen LogP contribution in [0.3, 0.4) is 0 Å². The molecule has 0 unspecified atom stereocenters. The lowest BCUT2D eigenvalue weighted by Gasteiger charge is -2.05. The number of rotatable bonds is 6. The number of carbonyl (C=O) groups is 1. The number of carbonyl (C=O) groups excluding carboxylic acids is 1. The Morgan fingerprint density at radius 3 is 2.96 bits per heavy atom. The van der Waals surface area contributed by atoms with Crippen molar-refractivity contribution in [3.8, 4) is 0 Å². The SMILES string of the molecule is Cc1cccc2oc(SCc3nc(C(=O)NCC(C)C)cs3)nc12. The Bertz CT molecular complexity index is 855. The van der Waals surface area contributed by atoms with Crippen LogP contribution in [0, 0.1) is 12.8 Å². The molecule has 0 spiro atoms. The lowest BCUT2D eigenvalue weighted by Crippen LogP contribution is -2.27. The van der Waals surface area contributed by atoms with Crippen molar-refractivity contribution in [3.63, 3.8) is 0 Å². The van der Waals surface area contributed by atoms with Gasteiger partial charge in [-0.05, 0) is 24.5 Å².